The molecule has 1 heterocycles. The first kappa shape index (κ1) is 21.4. The molecule has 1 fully saturated rings. The summed E-state index contributed by atoms with van der Waals surface area (Å²) in [6.45, 7) is 12.3. The molecule has 0 saturated carbocycles. The van der Waals surface area contributed by atoms with E-state index >= 15 is 0 Å². The molecule has 2 aliphatic rings. The summed E-state index contributed by atoms with van der Waals surface area (Å²) in [7, 11) is 0. The minimum Gasteiger partial charge on any atom is -0.370 e. The van der Waals surface area contributed by atoms with Gasteiger partial charge in [-0.15, -0.1) is 0 Å². The van der Waals surface area contributed by atoms with E-state index in [0.717, 1.165) is 70.3 Å². The lowest BCUT2D eigenvalue weighted by atomic mass is 9.72. The van der Waals surface area contributed by atoms with E-state index in [1.165, 1.54) is 35.0 Å². The topological polar surface area (TPSA) is 23.6 Å². The lowest BCUT2D eigenvalue weighted by molar-refractivity contribution is 0.0871. The second-order valence-corrected chi connectivity index (χ2v) is 9.25. The van der Waals surface area contributed by atoms with Gasteiger partial charge < -0.3 is 9.80 Å². The molecule has 0 N–H and O–H groups in total. The number of hydrogen-bond donors (Lipinski definition) is 0. The summed E-state index contributed by atoms with van der Waals surface area (Å²) in [6.07, 6.45) is 7.69. The molecule has 3 heteroatoms. The van der Waals surface area contributed by atoms with E-state index in [1.54, 1.807) is 0 Å². The number of nitrogens with zero attached hydrogens (tertiary/aromatic N) is 2. The molecular formula is C27H38N2O. The molecule has 1 saturated heterocycles. The lowest BCUT2D eigenvalue weighted by Crippen LogP contribution is -2.32. The minimum absolute atomic E-state index is 0.301. The third-order valence-electron chi connectivity index (χ3n) is 7.50. The lowest BCUT2D eigenvalue weighted by Gasteiger charge is -2.30. The van der Waals surface area contributed by atoms with Crippen LogP contribution in [0.3, 0.4) is 0 Å². The third kappa shape index (κ3) is 3.56. The van der Waals surface area contributed by atoms with Gasteiger partial charge in [-0.2, -0.15) is 0 Å². The Labute approximate surface area is 182 Å². The van der Waals surface area contributed by atoms with Crippen molar-refractivity contribution in [2.75, 3.05) is 37.6 Å². The zero-order valence-corrected chi connectivity index (χ0v) is 19.2. The fraction of sp³-hybridized carbons (Fsp3) is 0.593. The number of likely N-dealkylation sites (N-methyl/N-ethyl adjacent to an activating group) is 1. The summed E-state index contributed by atoms with van der Waals surface area (Å²) < 4.78 is 0. The smallest absolute Gasteiger partial charge is 0.174 e. The molecule has 0 spiro atoms. The largest absolute Gasteiger partial charge is 0.370 e. The number of unbranched alkanes of at least 4 members (excludes halogenated alkanes) is 2. The Hall–Kier alpha value is -1.87. The highest BCUT2D eigenvalue weighted by atomic mass is 16.1. The van der Waals surface area contributed by atoms with Crippen LogP contribution in [0.25, 0.3) is 10.8 Å². The molecule has 3 nitrogen and oxygen atoms in total. The normalized spacial score (nSPS) is 18.9. The molecule has 0 aromatic heterocycles. The predicted octanol–water partition coefficient (Wildman–Crippen LogP) is 6.19. The van der Waals surface area contributed by atoms with Crippen molar-refractivity contribution in [3.05, 3.63) is 41.5 Å². The van der Waals surface area contributed by atoms with Gasteiger partial charge in [0, 0.05) is 36.3 Å². The van der Waals surface area contributed by atoms with Crippen molar-refractivity contribution in [2.24, 2.45) is 0 Å². The number of hydrogen-bond acceptors (Lipinski definition) is 3. The van der Waals surface area contributed by atoms with Crippen molar-refractivity contribution >= 4 is 22.2 Å². The van der Waals surface area contributed by atoms with E-state index in [2.05, 4.69) is 60.9 Å². The molecule has 0 atom stereocenters. The Morgan fingerprint density at radius 2 is 1.67 bits per heavy atom. The maximum Gasteiger partial charge on any atom is 0.174 e. The highest BCUT2D eigenvalue weighted by Crippen LogP contribution is 2.50. The van der Waals surface area contributed by atoms with E-state index in [4.69, 9.17) is 0 Å². The quantitative estimate of drug-likeness (QED) is 0.522. The second kappa shape index (κ2) is 9.09. The van der Waals surface area contributed by atoms with Gasteiger partial charge in [0.05, 0.1) is 5.41 Å². The summed E-state index contributed by atoms with van der Waals surface area (Å²) in [5.74, 6) is 0.384. The molecule has 2 aromatic carbocycles. The maximum absolute atomic E-state index is 13.8. The Kier molecular flexibility index (Phi) is 6.48. The van der Waals surface area contributed by atoms with E-state index in [9.17, 15) is 4.79 Å². The van der Waals surface area contributed by atoms with Gasteiger partial charge in [0.15, 0.2) is 5.78 Å². The third-order valence-corrected chi connectivity index (χ3v) is 7.50. The highest BCUT2D eigenvalue weighted by molar-refractivity contribution is 6.22. The Morgan fingerprint density at radius 1 is 0.900 bits per heavy atom. The molecule has 0 radical (unpaired) electrons. The number of carbonyl (C=O) groups excluding carboxylic acids is 1. The zero-order valence-electron chi connectivity index (χ0n) is 19.2. The predicted molar refractivity (Wildman–Crippen MR) is 128 cm³/mol. The first-order chi connectivity index (χ1) is 14.7. The number of carbonyl (C=O) groups is 1. The molecule has 0 unspecified atom stereocenters. The molecular weight excluding hydrogens is 368 g/mol. The van der Waals surface area contributed by atoms with Crippen molar-refractivity contribution in [2.45, 2.75) is 71.1 Å². The summed E-state index contributed by atoms with van der Waals surface area (Å²) in [4.78, 5) is 18.9. The van der Waals surface area contributed by atoms with Crippen molar-refractivity contribution in [1.82, 2.24) is 4.90 Å². The Bertz CT molecular complexity index is 895. The van der Waals surface area contributed by atoms with Crippen LogP contribution in [0.1, 0.15) is 81.6 Å². The van der Waals surface area contributed by atoms with E-state index in [1.807, 2.05) is 0 Å². The molecule has 4 rings (SSSR count). The van der Waals surface area contributed by atoms with Crippen LogP contribution in [0.5, 0.6) is 0 Å². The van der Waals surface area contributed by atoms with Crippen LogP contribution in [-0.2, 0) is 5.41 Å². The minimum atomic E-state index is -0.301. The van der Waals surface area contributed by atoms with Crippen molar-refractivity contribution in [3.63, 3.8) is 0 Å². The van der Waals surface area contributed by atoms with Crippen LogP contribution in [0.15, 0.2) is 30.3 Å². The molecule has 1 aliphatic carbocycles. The van der Waals surface area contributed by atoms with Crippen molar-refractivity contribution in [1.29, 1.82) is 0 Å². The van der Waals surface area contributed by atoms with Crippen molar-refractivity contribution in [3.8, 4) is 0 Å². The SMILES string of the molecule is CCCCC1(CCCC)C(=O)c2cccc3c(N4CCCN(CC)CC4)ccc1c23. The molecule has 0 bridgehead atoms. The van der Waals surface area contributed by atoms with E-state index in [0.29, 0.717) is 5.78 Å². The summed E-state index contributed by atoms with van der Waals surface area (Å²) in [5.41, 5.74) is 3.31. The molecule has 30 heavy (non-hydrogen) atoms. The van der Waals surface area contributed by atoms with Crippen LogP contribution in [0, 0.1) is 0 Å². The van der Waals surface area contributed by atoms with Crippen LogP contribution >= 0.6 is 0 Å². The Balaban J connectivity index is 1.79. The fourth-order valence-corrected chi connectivity index (χ4v) is 5.74. The monoisotopic (exact) mass is 406 g/mol. The summed E-state index contributed by atoms with van der Waals surface area (Å²) in [5, 5.41) is 2.54. The van der Waals surface area contributed by atoms with Gasteiger partial charge in [0.2, 0.25) is 0 Å². The zero-order chi connectivity index (χ0) is 21.1. The fourth-order valence-electron chi connectivity index (χ4n) is 5.74. The van der Waals surface area contributed by atoms with Gasteiger partial charge in [0.25, 0.3) is 0 Å². The maximum atomic E-state index is 13.8. The second-order valence-electron chi connectivity index (χ2n) is 9.25. The molecule has 1 aliphatic heterocycles. The van der Waals surface area contributed by atoms with Gasteiger partial charge in [0.1, 0.15) is 0 Å². The van der Waals surface area contributed by atoms with Gasteiger partial charge in [-0.05, 0) is 49.4 Å². The number of benzene rings is 2. The van der Waals surface area contributed by atoms with Gasteiger partial charge in [-0.3, -0.25) is 4.79 Å². The molecule has 2 aromatic rings. The number of rotatable bonds is 8. The van der Waals surface area contributed by atoms with E-state index < -0.39 is 0 Å². The number of anilines is 1. The number of Topliss-reactive ketones (excluding diaryl/α,β-unsaturated/α-hetero) is 1. The van der Waals surface area contributed by atoms with Gasteiger partial charge in [-0.25, -0.2) is 0 Å². The average Bonchev–Trinajstić information content (AvgIpc) is 2.93. The summed E-state index contributed by atoms with van der Waals surface area (Å²) in [6, 6.07) is 11.1. The summed E-state index contributed by atoms with van der Waals surface area (Å²) >= 11 is 0. The van der Waals surface area contributed by atoms with E-state index in [-0.39, 0.29) is 5.41 Å². The van der Waals surface area contributed by atoms with Crippen LogP contribution in [-0.4, -0.2) is 43.4 Å². The Morgan fingerprint density at radius 3 is 2.37 bits per heavy atom. The van der Waals surface area contributed by atoms with Gasteiger partial charge >= 0.3 is 0 Å². The number of ketones is 1. The van der Waals surface area contributed by atoms with Crippen LogP contribution in [0.2, 0.25) is 0 Å². The highest BCUT2D eigenvalue weighted by Gasteiger charge is 2.46. The average molecular weight is 407 g/mol. The van der Waals surface area contributed by atoms with Crippen LogP contribution in [0.4, 0.5) is 5.69 Å². The first-order valence-corrected chi connectivity index (χ1v) is 12.2. The molecule has 162 valence electrons. The van der Waals surface area contributed by atoms with Crippen LogP contribution < -0.4 is 4.90 Å². The standard InChI is InChI=1S/C27H38N2O/c1-4-7-15-27(16-8-5-2)23-13-14-24(29-18-10-17-28(6-3)19-20-29)21-11-9-12-22(25(21)23)26(27)30/h9,11-14H,4-8,10,15-20H2,1-3H3. The van der Waals surface area contributed by atoms with Gasteiger partial charge in [-0.1, -0.05) is 70.7 Å². The van der Waals surface area contributed by atoms with Crippen molar-refractivity contribution < 1.29 is 4.79 Å². The first-order valence-electron chi connectivity index (χ1n) is 12.2. The molecule has 0 amide bonds.